The lowest BCUT2D eigenvalue weighted by Gasteiger charge is -2.28. The summed E-state index contributed by atoms with van der Waals surface area (Å²) < 4.78 is 78.6. The second kappa shape index (κ2) is 11.7. The van der Waals surface area contributed by atoms with Gasteiger partial charge in [-0.3, -0.25) is 4.79 Å². The number of amides is 1. The van der Waals surface area contributed by atoms with Gasteiger partial charge in [0.05, 0.1) is 11.1 Å². The average molecular weight is 520 g/mol. The number of halogens is 6. The molecule has 0 fully saturated rings. The average Bonchev–Trinajstić information content (AvgIpc) is 2.76. The standard InChI is InChI=1S/C24H27F6N3OS/c1-15(2)20(21(34)33(3)11-7-10-16-8-5-4-6-9-16)32-22(35)31-19-13-17(23(25,26)27)12-18(14-19)24(28,29)30/h4-6,8-9,12-15,20H,7,10-11H2,1-3H3,(H2,31,32,35)/t20-/m0/s1. The SMILES string of the molecule is CC(C)[C@H](NC(=S)Nc1cc(C(F)(F)F)cc(C(F)(F)F)c1)C(=O)N(C)CCCc1ccccc1. The molecule has 0 heterocycles. The second-order valence-electron chi connectivity index (χ2n) is 8.46. The van der Waals surface area contributed by atoms with Crippen molar-refractivity contribution in [3.8, 4) is 0 Å². The van der Waals surface area contributed by atoms with E-state index >= 15 is 0 Å². The molecule has 0 aliphatic rings. The van der Waals surface area contributed by atoms with Crippen molar-refractivity contribution in [1.82, 2.24) is 10.2 Å². The van der Waals surface area contributed by atoms with Crippen LogP contribution in [0.3, 0.4) is 0 Å². The molecule has 0 aliphatic carbocycles. The Morgan fingerprint density at radius 3 is 2.00 bits per heavy atom. The molecule has 2 N–H and O–H groups in total. The van der Waals surface area contributed by atoms with Crippen LogP contribution in [-0.2, 0) is 23.6 Å². The van der Waals surface area contributed by atoms with E-state index in [0.29, 0.717) is 25.1 Å². The molecule has 0 saturated carbocycles. The molecular formula is C24H27F6N3OS. The van der Waals surface area contributed by atoms with E-state index in [1.54, 1.807) is 20.9 Å². The molecule has 35 heavy (non-hydrogen) atoms. The molecule has 1 atom stereocenters. The number of likely N-dealkylation sites (N-methyl/N-ethyl adjacent to an activating group) is 1. The largest absolute Gasteiger partial charge is 0.416 e. The summed E-state index contributed by atoms with van der Waals surface area (Å²) in [6.07, 6.45) is -8.48. The lowest BCUT2D eigenvalue weighted by atomic mass is 10.0. The predicted octanol–water partition coefficient (Wildman–Crippen LogP) is 6.13. The first kappa shape index (κ1) is 28.4. The molecule has 4 nitrogen and oxygen atoms in total. The van der Waals surface area contributed by atoms with Crippen molar-refractivity contribution in [1.29, 1.82) is 0 Å². The maximum absolute atomic E-state index is 13.1. The Morgan fingerprint density at radius 2 is 1.51 bits per heavy atom. The Morgan fingerprint density at radius 1 is 0.971 bits per heavy atom. The van der Waals surface area contributed by atoms with Gasteiger partial charge in [0, 0.05) is 19.3 Å². The maximum Gasteiger partial charge on any atom is 0.416 e. The highest BCUT2D eigenvalue weighted by Gasteiger charge is 2.37. The molecule has 0 spiro atoms. The Labute approximate surface area is 205 Å². The van der Waals surface area contributed by atoms with E-state index < -0.39 is 35.2 Å². The number of thiocarbonyl (C=S) groups is 1. The van der Waals surface area contributed by atoms with Crippen molar-refractivity contribution >= 4 is 28.9 Å². The third kappa shape index (κ3) is 8.72. The summed E-state index contributed by atoms with van der Waals surface area (Å²) in [5.41, 5.74) is -2.29. The molecule has 11 heteroatoms. The summed E-state index contributed by atoms with van der Waals surface area (Å²) in [6.45, 7) is 3.96. The van der Waals surface area contributed by atoms with Gasteiger partial charge in [0.1, 0.15) is 6.04 Å². The van der Waals surface area contributed by atoms with Gasteiger partial charge in [0.2, 0.25) is 5.91 Å². The van der Waals surface area contributed by atoms with Crippen LogP contribution in [0.4, 0.5) is 32.0 Å². The second-order valence-corrected chi connectivity index (χ2v) is 8.87. The summed E-state index contributed by atoms with van der Waals surface area (Å²) in [4.78, 5) is 14.5. The fraction of sp³-hybridized carbons (Fsp3) is 0.417. The molecular weight excluding hydrogens is 492 g/mol. The van der Waals surface area contributed by atoms with E-state index in [9.17, 15) is 31.1 Å². The normalized spacial score (nSPS) is 12.9. The van der Waals surface area contributed by atoms with Crippen molar-refractivity contribution in [3.63, 3.8) is 0 Å². The molecule has 0 bridgehead atoms. The van der Waals surface area contributed by atoms with Crippen LogP contribution in [0.2, 0.25) is 0 Å². The Bertz CT molecular complexity index is 976. The number of nitrogens with one attached hydrogen (secondary N) is 2. The van der Waals surface area contributed by atoms with Crippen LogP contribution in [0.1, 0.15) is 37.0 Å². The molecule has 0 unspecified atom stereocenters. The highest BCUT2D eigenvalue weighted by Crippen LogP contribution is 2.37. The Hall–Kier alpha value is -2.82. The minimum Gasteiger partial charge on any atom is -0.350 e. The van der Waals surface area contributed by atoms with Gasteiger partial charge in [-0.2, -0.15) is 26.3 Å². The van der Waals surface area contributed by atoms with E-state index in [1.807, 2.05) is 30.3 Å². The van der Waals surface area contributed by atoms with E-state index in [4.69, 9.17) is 12.2 Å². The van der Waals surface area contributed by atoms with Crippen molar-refractivity contribution in [2.24, 2.45) is 5.92 Å². The van der Waals surface area contributed by atoms with E-state index in [-0.39, 0.29) is 23.0 Å². The smallest absolute Gasteiger partial charge is 0.350 e. The van der Waals surface area contributed by atoms with Gasteiger partial charge >= 0.3 is 12.4 Å². The first-order valence-electron chi connectivity index (χ1n) is 10.8. The summed E-state index contributed by atoms with van der Waals surface area (Å²) >= 11 is 5.11. The van der Waals surface area contributed by atoms with Gasteiger partial charge in [-0.15, -0.1) is 0 Å². The number of rotatable bonds is 8. The van der Waals surface area contributed by atoms with Crippen LogP contribution in [0.5, 0.6) is 0 Å². The first-order chi connectivity index (χ1) is 16.2. The van der Waals surface area contributed by atoms with E-state index in [1.165, 1.54) is 4.90 Å². The quantitative estimate of drug-likeness (QED) is 0.326. The lowest BCUT2D eigenvalue weighted by Crippen LogP contribution is -2.51. The minimum atomic E-state index is -4.98. The highest BCUT2D eigenvalue weighted by molar-refractivity contribution is 7.80. The molecule has 0 aromatic heterocycles. The van der Waals surface area contributed by atoms with Crippen molar-refractivity contribution in [2.45, 2.75) is 45.1 Å². The third-order valence-electron chi connectivity index (χ3n) is 5.24. The van der Waals surface area contributed by atoms with Crippen LogP contribution in [-0.4, -0.2) is 35.6 Å². The molecule has 0 saturated heterocycles. The van der Waals surface area contributed by atoms with Gasteiger partial charge in [-0.1, -0.05) is 44.2 Å². The summed E-state index contributed by atoms with van der Waals surface area (Å²) in [6, 6.07) is 10.0. The van der Waals surface area contributed by atoms with Gasteiger partial charge in [-0.05, 0) is 54.7 Å². The number of carbonyl (C=O) groups is 1. The summed E-state index contributed by atoms with van der Waals surface area (Å²) in [5, 5.41) is 4.84. The number of aryl methyl sites for hydroxylation is 1. The van der Waals surface area contributed by atoms with Gasteiger partial charge in [0.25, 0.3) is 0 Å². The molecule has 0 aliphatic heterocycles. The first-order valence-corrected chi connectivity index (χ1v) is 11.2. The maximum atomic E-state index is 13.1. The van der Waals surface area contributed by atoms with Crippen molar-refractivity contribution in [3.05, 3.63) is 65.2 Å². The molecule has 1 amide bonds. The summed E-state index contributed by atoms with van der Waals surface area (Å²) in [5.74, 6) is -0.552. The number of hydrogen-bond donors (Lipinski definition) is 2. The number of carbonyl (C=O) groups excluding carboxylic acids is 1. The molecule has 0 radical (unpaired) electrons. The molecule has 2 aromatic rings. The highest BCUT2D eigenvalue weighted by atomic mass is 32.1. The fourth-order valence-electron chi connectivity index (χ4n) is 3.36. The zero-order valence-electron chi connectivity index (χ0n) is 19.4. The number of anilines is 1. The predicted molar refractivity (Wildman–Crippen MR) is 127 cm³/mol. The van der Waals surface area contributed by atoms with Crippen LogP contribution in [0.15, 0.2) is 48.5 Å². The van der Waals surface area contributed by atoms with E-state index in [0.717, 1.165) is 12.0 Å². The number of hydrogen-bond acceptors (Lipinski definition) is 2. The van der Waals surface area contributed by atoms with Gasteiger partial charge < -0.3 is 15.5 Å². The van der Waals surface area contributed by atoms with Gasteiger partial charge in [-0.25, -0.2) is 0 Å². The molecule has 2 aromatic carbocycles. The topological polar surface area (TPSA) is 44.4 Å². The van der Waals surface area contributed by atoms with Crippen LogP contribution < -0.4 is 10.6 Å². The van der Waals surface area contributed by atoms with Crippen LogP contribution in [0.25, 0.3) is 0 Å². The zero-order valence-corrected chi connectivity index (χ0v) is 20.2. The number of nitrogens with zero attached hydrogens (tertiary/aromatic N) is 1. The Kier molecular flexibility index (Phi) is 9.53. The molecule has 2 rings (SSSR count). The Balaban J connectivity index is 2.07. The number of alkyl halides is 6. The minimum absolute atomic E-state index is 0.0342. The van der Waals surface area contributed by atoms with Crippen LogP contribution >= 0.6 is 12.2 Å². The third-order valence-corrected chi connectivity index (χ3v) is 5.46. The summed E-state index contributed by atoms with van der Waals surface area (Å²) in [7, 11) is 1.63. The fourth-order valence-corrected chi connectivity index (χ4v) is 3.61. The van der Waals surface area contributed by atoms with Crippen LogP contribution in [0, 0.1) is 5.92 Å². The molecule has 192 valence electrons. The van der Waals surface area contributed by atoms with E-state index in [2.05, 4.69) is 10.6 Å². The number of benzene rings is 2. The van der Waals surface area contributed by atoms with Crippen molar-refractivity contribution < 1.29 is 31.1 Å². The monoisotopic (exact) mass is 519 g/mol. The lowest BCUT2D eigenvalue weighted by molar-refractivity contribution is -0.143. The zero-order chi connectivity index (χ0) is 26.4. The van der Waals surface area contributed by atoms with Gasteiger partial charge in [0.15, 0.2) is 5.11 Å². The van der Waals surface area contributed by atoms with Crippen molar-refractivity contribution in [2.75, 3.05) is 18.9 Å².